The molecule has 0 bridgehead atoms. The number of aromatic amines is 1. The first kappa shape index (κ1) is 30.5. The summed E-state index contributed by atoms with van der Waals surface area (Å²) in [7, 11) is 0. The molecule has 226 valence electrons. The molecule has 0 radical (unpaired) electrons. The second kappa shape index (κ2) is 13.5. The van der Waals surface area contributed by atoms with Crippen molar-refractivity contribution in [2.75, 3.05) is 16.8 Å². The number of aromatic nitrogens is 3. The average Bonchev–Trinajstić information content (AvgIpc) is 3.02. The van der Waals surface area contributed by atoms with E-state index in [0.29, 0.717) is 30.9 Å². The number of pyridine rings is 3. The van der Waals surface area contributed by atoms with Gasteiger partial charge >= 0.3 is 6.03 Å². The highest BCUT2D eigenvalue weighted by molar-refractivity contribution is 6.03. The van der Waals surface area contributed by atoms with Gasteiger partial charge in [0.25, 0.3) is 5.56 Å². The van der Waals surface area contributed by atoms with Crippen LogP contribution in [0, 0.1) is 0 Å². The number of amides is 2. The van der Waals surface area contributed by atoms with E-state index in [-0.39, 0.29) is 23.4 Å². The van der Waals surface area contributed by atoms with Crippen LogP contribution in [0.4, 0.5) is 16.2 Å². The van der Waals surface area contributed by atoms with E-state index in [4.69, 9.17) is 4.74 Å². The lowest BCUT2D eigenvalue weighted by atomic mass is 9.88. The Morgan fingerprint density at radius 1 is 0.932 bits per heavy atom. The maximum atomic E-state index is 14.0. The van der Waals surface area contributed by atoms with Gasteiger partial charge in [-0.2, -0.15) is 0 Å². The fourth-order valence-corrected chi connectivity index (χ4v) is 5.28. The van der Waals surface area contributed by atoms with Crippen molar-refractivity contribution in [1.29, 1.82) is 0 Å². The largest absolute Gasteiger partial charge is 0.489 e. The van der Waals surface area contributed by atoms with Crippen molar-refractivity contribution in [2.45, 2.75) is 59.5 Å². The zero-order valence-corrected chi connectivity index (χ0v) is 25.9. The number of benzene rings is 2. The Morgan fingerprint density at radius 2 is 1.68 bits per heavy atom. The molecule has 0 spiro atoms. The van der Waals surface area contributed by atoms with Gasteiger partial charge in [0.1, 0.15) is 23.7 Å². The fourth-order valence-electron chi connectivity index (χ4n) is 5.28. The molecule has 3 heterocycles. The molecule has 0 saturated carbocycles. The molecule has 0 fully saturated rings. The van der Waals surface area contributed by atoms with E-state index < -0.39 is 0 Å². The normalized spacial score (nSPS) is 11.2. The van der Waals surface area contributed by atoms with Gasteiger partial charge in [0.2, 0.25) is 0 Å². The van der Waals surface area contributed by atoms with Crippen LogP contribution >= 0.6 is 0 Å². The van der Waals surface area contributed by atoms with Crippen LogP contribution in [0.3, 0.4) is 0 Å². The van der Waals surface area contributed by atoms with Crippen LogP contribution < -0.4 is 20.5 Å². The highest BCUT2D eigenvalue weighted by Gasteiger charge is 2.24. The molecular formula is C36H39N5O3. The quantitative estimate of drug-likeness (QED) is 0.171. The van der Waals surface area contributed by atoms with E-state index in [9.17, 15) is 9.59 Å². The van der Waals surface area contributed by atoms with Crippen molar-refractivity contribution in [3.8, 4) is 16.9 Å². The van der Waals surface area contributed by atoms with E-state index in [1.54, 1.807) is 24.7 Å². The molecule has 0 aliphatic rings. The number of rotatable bonds is 10. The molecule has 5 aromatic rings. The minimum atomic E-state index is -0.353. The Labute approximate surface area is 258 Å². The molecule has 44 heavy (non-hydrogen) atoms. The molecule has 0 saturated heterocycles. The van der Waals surface area contributed by atoms with Crippen LogP contribution in [0.1, 0.15) is 69.6 Å². The summed E-state index contributed by atoms with van der Waals surface area (Å²) in [4.78, 5) is 39.8. The maximum Gasteiger partial charge on any atom is 0.326 e. The third kappa shape index (κ3) is 6.80. The van der Waals surface area contributed by atoms with E-state index in [1.165, 1.54) is 4.90 Å². The summed E-state index contributed by atoms with van der Waals surface area (Å²) in [5, 5.41) is 3.98. The van der Waals surface area contributed by atoms with Crippen LogP contribution in [0.15, 0.2) is 90.1 Å². The lowest BCUT2D eigenvalue weighted by Gasteiger charge is -2.26. The van der Waals surface area contributed by atoms with Gasteiger partial charge in [-0.1, -0.05) is 52.8 Å². The average molecular weight is 590 g/mol. The summed E-state index contributed by atoms with van der Waals surface area (Å²) < 4.78 is 6.08. The zero-order valence-electron chi connectivity index (χ0n) is 25.9. The smallest absolute Gasteiger partial charge is 0.326 e. The van der Waals surface area contributed by atoms with Crippen molar-refractivity contribution < 1.29 is 9.53 Å². The van der Waals surface area contributed by atoms with Gasteiger partial charge in [-0.15, -0.1) is 0 Å². The number of H-pyrrole nitrogens is 1. The minimum absolute atomic E-state index is 0.127. The number of hydrogen-bond acceptors (Lipinski definition) is 5. The van der Waals surface area contributed by atoms with E-state index in [0.717, 1.165) is 44.6 Å². The summed E-state index contributed by atoms with van der Waals surface area (Å²) in [6.45, 7) is 11.3. The molecule has 3 aromatic heterocycles. The van der Waals surface area contributed by atoms with E-state index in [1.807, 2.05) is 49.4 Å². The number of nitrogens with zero attached hydrogens (tertiary/aromatic N) is 3. The third-order valence-corrected chi connectivity index (χ3v) is 7.55. The number of nitrogens with one attached hydrogen (secondary N) is 2. The summed E-state index contributed by atoms with van der Waals surface area (Å²) in [5.41, 5.74) is 6.34. The Kier molecular flexibility index (Phi) is 9.38. The fraction of sp³-hybridized carbons (Fsp3) is 0.278. The number of anilines is 2. The SMILES string of the molecule is CCCN(C(=O)Nc1c(C(C)C)cc(-c2cccc(OCc3cccnc3)c2)cc1C(C)C)c1cc2cccnc2[nH]c1=O. The van der Waals surface area contributed by atoms with Crippen molar-refractivity contribution in [2.24, 2.45) is 0 Å². The van der Waals surface area contributed by atoms with E-state index in [2.05, 4.69) is 66.2 Å². The third-order valence-electron chi connectivity index (χ3n) is 7.55. The molecule has 0 unspecified atom stereocenters. The molecular weight excluding hydrogens is 550 g/mol. The van der Waals surface area contributed by atoms with Crippen molar-refractivity contribution >= 4 is 28.4 Å². The van der Waals surface area contributed by atoms with Gasteiger partial charge in [-0.3, -0.25) is 14.7 Å². The van der Waals surface area contributed by atoms with Crippen LogP contribution in [0.5, 0.6) is 5.75 Å². The predicted molar refractivity (Wildman–Crippen MR) is 178 cm³/mol. The first-order chi connectivity index (χ1) is 21.2. The van der Waals surface area contributed by atoms with Crippen LogP contribution in [0.25, 0.3) is 22.2 Å². The monoisotopic (exact) mass is 589 g/mol. The van der Waals surface area contributed by atoms with Crippen LogP contribution in [-0.4, -0.2) is 27.5 Å². The number of urea groups is 1. The minimum Gasteiger partial charge on any atom is -0.489 e. The first-order valence-electron chi connectivity index (χ1n) is 15.1. The van der Waals surface area contributed by atoms with Crippen molar-refractivity contribution in [3.63, 3.8) is 0 Å². The molecule has 0 aliphatic heterocycles. The Balaban J connectivity index is 1.49. The van der Waals surface area contributed by atoms with Gasteiger partial charge in [-0.25, -0.2) is 9.78 Å². The Morgan fingerprint density at radius 3 is 2.36 bits per heavy atom. The number of fused-ring (bicyclic) bond motifs is 1. The molecule has 0 atom stereocenters. The molecule has 5 rings (SSSR count). The molecule has 2 amide bonds. The lowest BCUT2D eigenvalue weighted by molar-refractivity contribution is 0.256. The highest BCUT2D eigenvalue weighted by atomic mass is 16.5. The van der Waals surface area contributed by atoms with Gasteiger partial charge in [-0.05, 0) is 89.0 Å². The van der Waals surface area contributed by atoms with Crippen molar-refractivity contribution in [1.82, 2.24) is 15.0 Å². The molecule has 8 heteroatoms. The van der Waals surface area contributed by atoms with Gasteiger partial charge in [0, 0.05) is 41.8 Å². The van der Waals surface area contributed by atoms with Gasteiger partial charge in [0.05, 0.1) is 0 Å². The molecule has 0 aliphatic carbocycles. The number of carbonyl (C=O) groups is 1. The number of hydrogen-bond donors (Lipinski definition) is 2. The molecule has 2 aromatic carbocycles. The first-order valence-corrected chi connectivity index (χ1v) is 15.1. The zero-order chi connectivity index (χ0) is 31.2. The predicted octanol–water partition coefficient (Wildman–Crippen LogP) is 8.26. The second-order valence-electron chi connectivity index (χ2n) is 11.5. The Bertz CT molecular complexity index is 1790. The topological polar surface area (TPSA) is 100 Å². The van der Waals surface area contributed by atoms with E-state index >= 15 is 0 Å². The molecule has 2 N–H and O–H groups in total. The maximum absolute atomic E-state index is 14.0. The number of carbonyl (C=O) groups excluding carboxylic acids is 1. The summed E-state index contributed by atoms with van der Waals surface area (Å²) in [6.07, 6.45) is 5.86. The molecule has 8 nitrogen and oxygen atoms in total. The van der Waals surface area contributed by atoms with Crippen LogP contribution in [0.2, 0.25) is 0 Å². The van der Waals surface area contributed by atoms with Gasteiger partial charge in [0.15, 0.2) is 0 Å². The second-order valence-corrected chi connectivity index (χ2v) is 11.5. The van der Waals surface area contributed by atoms with Gasteiger partial charge < -0.3 is 15.0 Å². The summed E-state index contributed by atoms with van der Waals surface area (Å²) in [6, 6.07) is 21.3. The number of ether oxygens (including phenoxy) is 1. The standard InChI is InChI=1S/C36H39N5O3/c1-6-16-41(32-20-27-12-9-15-38-34(27)40-35(32)42)36(43)39-33-30(23(2)3)18-28(19-31(33)24(4)5)26-11-7-13-29(17-26)44-22-25-10-8-14-37-21-25/h7-15,17-21,23-24H,6,16,22H2,1-5H3,(H,39,43)(H,38,40,42). The van der Waals surface area contributed by atoms with Crippen molar-refractivity contribution in [3.05, 3.63) is 112 Å². The summed E-state index contributed by atoms with van der Waals surface area (Å²) in [5.74, 6) is 1.03. The van der Waals surface area contributed by atoms with Crippen LogP contribution in [-0.2, 0) is 6.61 Å². The highest BCUT2D eigenvalue weighted by Crippen LogP contribution is 2.38. The Hall–Kier alpha value is -4.98. The summed E-state index contributed by atoms with van der Waals surface area (Å²) >= 11 is 0. The lowest BCUT2D eigenvalue weighted by Crippen LogP contribution is -2.39.